The number of hydrogen-bond donors (Lipinski definition) is 2. The molecule has 0 spiro atoms. The van der Waals surface area contributed by atoms with Gasteiger partial charge in [0.05, 0.1) is 0 Å². The Morgan fingerprint density at radius 1 is 1.40 bits per heavy atom. The van der Waals surface area contributed by atoms with E-state index in [1.54, 1.807) is 31.2 Å². The molecular formula is C11H10O4. The molecule has 0 fully saturated rings. The van der Waals surface area contributed by atoms with E-state index < -0.39 is 12.1 Å². The Morgan fingerprint density at radius 3 is 2.73 bits per heavy atom. The van der Waals surface area contributed by atoms with Crippen LogP contribution >= 0.6 is 0 Å². The first-order chi connectivity index (χ1) is 7.11. The van der Waals surface area contributed by atoms with Crippen LogP contribution in [0.1, 0.15) is 17.4 Å². The van der Waals surface area contributed by atoms with E-state index in [9.17, 15) is 9.90 Å². The highest BCUT2D eigenvalue weighted by atomic mass is 16.4. The van der Waals surface area contributed by atoms with Crippen LogP contribution in [0.15, 0.2) is 28.7 Å². The normalized spacial score (nSPS) is 12.9. The molecule has 0 amide bonds. The van der Waals surface area contributed by atoms with Crippen molar-refractivity contribution in [2.75, 3.05) is 0 Å². The quantitative estimate of drug-likeness (QED) is 0.786. The number of carboxylic acids is 1. The fraction of sp³-hybridized carbons (Fsp3) is 0.182. The predicted molar refractivity (Wildman–Crippen MR) is 53.5 cm³/mol. The Hall–Kier alpha value is -1.81. The van der Waals surface area contributed by atoms with E-state index in [0.29, 0.717) is 22.3 Å². The number of aryl methyl sites for hydroxylation is 1. The van der Waals surface area contributed by atoms with Crippen LogP contribution < -0.4 is 0 Å². The predicted octanol–water partition coefficient (Wildman–Crippen LogP) is 1.86. The molecule has 0 aliphatic carbocycles. The topological polar surface area (TPSA) is 70.7 Å². The SMILES string of the molecule is Cc1oc2ccccc2c1C(O)C(=O)O. The number of aliphatic hydroxyl groups excluding tert-OH is 1. The molecule has 0 aliphatic rings. The number of furan rings is 1. The third kappa shape index (κ3) is 1.49. The van der Waals surface area contributed by atoms with E-state index in [2.05, 4.69) is 0 Å². The van der Waals surface area contributed by atoms with Crippen molar-refractivity contribution in [3.05, 3.63) is 35.6 Å². The van der Waals surface area contributed by atoms with Gasteiger partial charge in [0, 0.05) is 10.9 Å². The summed E-state index contributed by atoms with van der Waals surface area (Å²) in [7, 11) is 0. The van der Waals surface area contributed by atoms with Gasteiger partial charge in [0.1, 0.15) is 11.3 Å². The van der Waals surface area contributed by atoms with Crippen LogP contribution in [0, 0.1) is 6.92 Å². The van der Waals surface area contributed by atoms with Gasteiger partial charge in [0.15, 0.2) is 6.10 Å². The van der Waals surface area contributed by atoms with Gasteiger partial charge in [0.25, 0.3) is 0 Å². The maximum atomic E-state index is 10.7. The molecule has 1 aromatic carbocycles. The van der Waals surface area contributed by atoms with Gasteiger partial charge in [-0.3, -0.25) is 0 Å². The molecule has 0 aliphatic heterocycles. The summed E-state index contributed by atoms with van der Waals surface area (Å²) in [6.45, 7) is 1.64. The first-order valence-electron chi connectivity index (χ1n) is 4.50. The molecule has 78 valence electrons. The third-order valence-electron chi connectivity index (χ3n) is 2.33. The minimum Gasteiger partial charge on any atom is -0.479 e. The van der Waals surface area contributed by atoms with Crippen molar-refractivity contribution in [2.45, 2.75) is 13.0 Å². The second-order valence-electron chi connectivity index (χ2n) is 3.31. The van der Waals surface area contributed by atoms with E-state index in [-0.39, 0.29) is 0 Å². The van der Waals surface area contributed by atoms with Crippen LogP contribution in [0.5, 0.6) is 0 Å². The van der Waals surface area contributed by atoms with Crippen LogP contribution in [-0.4, -0.2) is 16.2 Å². The standard InChI is InChI=1S/C11H10O4/c1-6-9(10(12)11(13)14)7-4-2-3-5-8(7)15-6/h2-5,10,12H,1H3,(H,13,14). The first kappa shape index (κ1) is 9.73. The summed E-state index contributed by atoms with van der Waals surface area (Å²) >= 11 is 0. The monoisotopic (exact) mass is 206 g/mol. The van der Waals surface area contributed by atoms with Crippen LogP contribution in [-0.2, 0) is 4.79 Å². The van der Waals surface area contributed by atoms with E-state index in [0.717, 1.165) is 0 Å². The van der Waals surface area contributed by atoms with Gasteiger partial charge in [-0.2, -0.15) is 0 Å². The van der Waals surface area contributed by atoms with Crippen LogP contribution in [0.3, 0.4) is 0 Å². The molecule has 1 atom stereocenters. The summed E-state index contributed by atoms with van der Waals surface area (Å²) < 4.78 is 5.35. The number of hydrogen-bond acceptors (Lipinski definition) is 3. The van der Waals surface area contributed by atoms with Gasteiger partial charge in [-0.1, -0.05) is 18.2 Å². The lowest BCUT2D eigenvalue weighted by Gasteiger charge is -2.03. The molecule has 0 radical (unpaired) electrons. The summed E-state index contributed by atoms with van der Waals surface area (Å²) in [5, 5.41) is 18.9. The van der Waals surface area contributed by atoms with Crippen molar-refractivity contribution in [2.24, 2.45) is 0 Å². The Labute approximate surface area is 85.8 Å². The van der Waals surface area contributed by atoms with Gasteiger partial charge in [-0.05, 0) is 13.0 Å². The van der Waals surface area contributed by atoms with E-state index in [4.69, 9.17) is 9.52 Å². The molecule has 4 nitrogen and oxygen atoms in total. The van der Waals surface area contributed by atoms with Gasteiger partial charge in [0.2, 0.25) is 0 Å². The molecule has 2 rings (SSSR count). The molecule has 2 N–H and O–H groups in total. The van der Waals surface area contributed by atoms with Crippen molar-refractivity contribution >= 4 is 16.9 Å². The first-order valence-corrected chi connectivity index (χ1v) is 4.50. The highest BCUT2D eigenvalue weighted by molar-refractivity contribution is 5.88. The van der Waals surface area contributed by atoms with E-state index in [1.807, 2.05) is 0 Å². The maximum absolute atomic E-state index is 10.7. The zero-order valence-corrected chi connectivity index (χ0v) is 8.10. The van der Waals surface area contributed by atoms with E-state index in [1.165, 1.54) is 0 Å². The average Bonchev–Trinajstić information content (AvgIpc) is 2.52. The molecule has 4 heteroatoms. The fourth-order valence-electron chi connectivity index (χ4n) is 1.65. The lowest BCUT2D eigenvalue weighted by Crippen LogP contribution is -2.10. The summed E-state index contributed by atoms with van der Waals surface area (Å²) in [4.78, 5) is 10.7. The van der Waals surface area contributed by atoms with Crippen LogP contribution in [0.4, 0.5) is 0 Å². The Morgan fingerprint density at radius 2 is 2.07 bits per heavy atom. The molecule has 1 aromatic heterocycles. The zero-order chi connectivity index (χ0) is 11.0. The molecule has 15 heavy (non-hydrogen) atoms. The van der Waals surface area contributed by atoms with Crippen molar-refractivity contribution in [1.29, 1.82) is 0 Å². The summed E-state index contributed by atoms with van der Waals surface area (Å²) in [6, 6.07) is 7.03. The average molecular weight is 206 g/mol. The molecule has 0 saturated heterocycles. The summed E-state index contributed by atoms with van der Waals surface area (Å²) in [6.07, 6.45) is -1.53. The number of rotatable bonds is 2. The van der Waals surface area contributed by atoms with Gasteiger partial charge in [-0.25, -0.2) is 4.79 Å². The number of aliphatic hydroxyl groups is 1. The highest BCUT2D eigenvalue weighted by Gasteiger charge is 2.23. The lowest BCUT2D eigenvalue weighted by molar-refractivity contribution is -0.146. The van der Waals surface area contributed by atoms with Crippen molar-refractivity contribution in [3.63, 3.8) is 0 Å². The Kier molecular flexibility index (Phi) is 2.21. The second-order valence-corrected chi connectivity index (χ2v) is 3.31. The second kappa shape index (κ2) is 3.40. The van der Waals surface area contributed by atoms with Crippen LogP contribution in [0.2, 0.25) is 0 Å². The Balaban J connectivity index is 2.68. The van der Waals surface area contributed by atoms with Crippen molar-refractivity contribution in [1.82, 2.24) is 0 Å². The fourth-order valence-corrected chi connectivity index (χ4v) is 1.65. The van der Waals surface area contributed by atoms with E-state index >= 15 is 0 Å². The summed E-state index contributed by atoms with van der Waals surface area (Å²) in [5.41, 5.74) is 0.920. The zero-order valence-electron chi connectivity index (χ0n) is 8.10. The van der Waals surface area contributed by atoms with Crippen molar-refractivity contribution in [3.8, 4) is 0 Å². The molecule has 0 saturated carbocycles. The maximum Gasteiger partial charge on any atom is 0.337 e. The summed E-state index contributed by atoms with van der Waals surface area (Å²) in [5.74, 6) is -0.837. The minimum atomic E-state index is -1.53. The number of fused-ring (bicyclic) bond motifs is 1. The lowest BCUT2D eigenvalue weighted by atomic mass is 10.1. The Bertz CT molecular complexity index is 512. The smallest absolute Gasteiger partial charge is 0.337 e. The third-order valence-corrected chi connectivity index (χ3v) is 2.33. The highest BCUT2D eigenvalue weighted by Crippen LogP contribution is 2.30. The number of carboxylic acid groups (broad SMARTS) is 1. The van der Waals surface area contributed by atoms with Gasteiger partial charge < -0.3 is 14.6 Å². The number of carbonyl (C=O) groups is 1. The number of para-hydroxylation sites is 1. The molecule has 1 unspecified atom stereocenters. The molecular weight excluding hydrogens is 196 g/mol. The van der Waals surface area contributed by atoms with Crippen LogP contribution in [0.25, 0.3) is 11.0 Å². The van der Waals surface area contributed by atoms with Gasteiger partial charge >= 0.3 is 5.97 Å². The van der Waals surface area contributed by atoms with Crippen molar-refractivity contribution < 1.29 is 19.4 Å². The van der Waals surface area contributed by atoms with Gasteiger partial charge in [-0.15, -0.1) is 0 Å². The number of benzene rings is 1. The molecule has 2 aromatic rings. The minimum absolute atomic E-state index is 0.332. The largest absolute Gasteiger partial charge is 0.479 e. The number of aliphatic carboxylic acids is 1. The molecule has 1 heterocycles. The molecule has 0 bridgehead atoms.